The number of hydrogen-bond acceptors (Lipinski definition) is 5. The van der Waals surface area contributed by atoms with Crippen molar-refractivity contribution in [2.45, 2.75) is 62.8 Å². The molecule has 4 aliphatic heterocycles. The van der Waals surface area contributed by atoms with Gasteiger partial charge in [0.15, 0.2) is 5.92 Å². The Kier molecular flexibility index (Phi) is 6.44. The molecule has 4 aliphatic rings. The van der Waals surface area contributed by atoms with E-state index in [0.717, 1.165) is 29.7 Å². The smallest absolute Gasteiger partial charge is 0.402 e. The molecule has 4 heterocycles. The first kappa shape index (κ1) is 25.6. The summed E-state index contributed by atoms with van der Waals surface area (Å²) in [4.78, 5) is 15.9. The van der Waals surface area contributed by atoms with E-state index in [1.165, 1.54) is 0 Å². The van der Waals surface area contributed by atoms with E-state index >= 15 is 0 Å². The van der Waals surface area contributed by atoms with Crippen LogP contribution in [0.25, 0.3) is 0 Å². The number of carboxylic acid groups (broad SMARTS) is 1. The lowest BCUT2D eigenvalue weighted by Crippen LogP contribution is -2.53. The summed E-state index contributed by atoms with van der Waals surface area (Å²) >= 11 is 0. The van der Waals surface area contributed by atoms with Crippen molar-refractivity contribution < 1.29 is 41.0 Å². The first-order chi connectivity index (χ1) is 16.9. The highest BCUT2D eigenvalue weighted by Gasteiger charge is 2.66. The van der Waals surface area contributed by atoms with Crippen molar-refractivity contribution in [3.8, 4) is 0 Å². The highest BCUT2D eigenvalue weighted by Crippen LogP contribution is 2.49. The van der Waals surface area contributed by atoms with Gasteiger partial charge >= 0.3 is 18.3 Å². The van der Waals surface area contributed by atoms with E-state index in [2.05, 4.69) is 10.2 Å². The Morgan fingerprint density at radius 1 is 1.08 bits per heavy atom. The molecule has 0 aromatic heterocycles. The van der Waals surface area contributed by atoms with Crippen molar-refractivity contribution in [3.63, 3.8) is 0 Å². The predicted molar refractivity (Wildman–Crippen MR) is 117 cm³/mol. The second-order valence-electron chi connectivity index (χ2n) is 10.5. The lowest BCUT2D eigenvalue weighted by atomic mass is 9.84. The average molecular weight is 522 g/mol. The molecule has 2 bridgehead atoms. The molecule has 2 N–H and O–H groups in total. The lowest BCUT2D eigenvalue weighted by Gasteiger charge is -2.38. The molecule has 0 spiro atoms. The number of fused-ring (bicyclic) bond motifs is 3. The summed E-state index contributed by atoms with van der Waals surface area (Å²) < 4.78 is 86.7. The van der Waals surface area contributed by atoms with Gasteiger partial charge in [-0.2, -0.15) is 26.3 Å². The second kappa shape index (κ2) is 9.05. The quantitative estimate of drug-likeness (QED) is 0.578. The van der Waals surface area contributed by atoms with Crippen LogP contribution in [0.5, 0.6) is 0 Å². The molecule has 4 saturated heterocycles. The first-order valence-corrected chi connectivity index (χ1v) is 12.2. The van der Waals surface area contributed by atoms with Crippen molar-refractivity contribution in [2.24, 2.45) is 17.8 Å². The molecule has 4 fully saturated rings. The number of nitrogens with zero attached hydrogens (tertiary/aromatic N) is 2. The normalized spacial score (nSPS) is 32.9. The molecule has 0 amide bonds. The first-order valence-electron chi connectivity index (χ1n) is 12.2. The van der Waals surface area contributed by atoms with Gasteiger partial charge in [0.2, 0.25) is 0 Å². The van der Waals surface area contributed by atoms with E-state index < -0.39 is 48.2 Å². The van der Waals surface area contributed by atoms with Crippen LogP contribution in [0, 0.1) is 24.7 Å². The number of halogens is 6. The zero-order valence-electron chi connectivity index (χ0n) is 19.6. The number of aliphatic carboxylic acids is 1. The van der Waals surface area contributed by atoms with Crippen LogP contribution in [0.2, 0.25) is 0 Å². The molecule has 0 saturated carbocycles. The fraction of sp³-hybridized carbons (Fsp3) is 0.708. The van der Waals surface area contributed by atoms with Crippen molar-refractivity contribution >= 4 is 11.7 Å². The van der Waals surface area contributed by atoms with Crippen LogP contribution >= 0.6 is 0 Å². The van der Waals surface area contributed by atoms with Crippen LogP contribution in [-0.2, 0) is 16.1 Å². The monoisotopic (exact) mass is 521 g/mol. The Morgan fingerprint density at radius 2 is 1.69 bits per heavy atom. The zero-order valence-corrected chi connectivity index (χ0v) is 19.6. The summed E-state index contributed by atoms with van der Waals surface area (Å²) in [6, 6.07) is 2.92. The number of likely N-dealkylation sites (tertiary alicyclic amines) is 1. The number of morpholine rings is 1. The van der Waals surface area contributed by atoms with E-state index in [0.29, 0.717) is 19.8 Å². The largest absolute Gasteiger partial charge is 0.480 e. The van der Waals surface area contributed by atoms with E-state index in [4.69, 9.17) is 4.74 Å². The molecule has 12 heteroatoms. The maximum absolute atomic E-state index is 13.5. The summed E-state index contributed by atoms with van der Waals surface area (Å²) in [6.45, 7) is 3.68. The number of carboxylic acids is 1. The molecule has 200 valence electrons. The van der Waals surface area contributed by atoms with Gasteiger partial charge in [0.05, 0.1) is 25.3 Å². The molecule has 36 heavy (non-hydrogen) atoms. The van der Waals surface area contributed by atoms with Crippen molar-refractivity contribution in [1.82, 2.24) is 10.2 Å². The fourth-order valence-electron chi connectivity index (χ4n) is 6.83. The second-order valence-corrected chi connectivity index (χ2v) is 10.5. The molecule has 0 radical (unpaired) electrons. The topological polar surface area (TPSA) is 65.0 Å². The molecule has 6 atom stereocenters. The van der Waals surface area contributed by atoms with Crippen LogP contribution in [-0.4, -0.2) is 78.8 Å². The number of nitrogens with one attached hydrogen (secondary N) is 1. The van der Waals surface area contributed by atoms with Crippen LogP contribution < -0.4 is 10.2 Å². The third-order valence-electron chi connectivity index (χ3n) is 8.41. The third kappa shape index (κ3) is 4.45. The highest BCUT2D eigenvalue weighted by molar-refractivity contribution is 5.74. The zero-order chi connectivity index (χ0) is 26.0. The van der Waals surface area contributed by atoms with Gasteiger partial charge in [0, 0.05) is 37.3 Å². The van der Waals surface area contributed by atoms with Crippen LogP contribution in [0.1, 0.15) is 24.0 Å². The number of anilines is 1. The molecule has 5 rings (SSSR count). The summed E-state index contributed by atoms with van der Waals surface area (Å²) in [5, 5.41) is 11.7. The van der Waals surface area contributed by atoms with Gasteiger partial charge in [-0.25, -0.2) is 0 Å². The molecular formula is C24H29F6N3O3. The Morgan fingerprint density at radius 3 is 2.28 bits per heavy atom. The van der Waals surface area contributed by atoms with Crippen molar-refractivity contribution in [3.05, 3.63) is 29.3 Å². The summed E-state index contributed by atoms with van der Waals surface area (Å²) in [7, 11) is 0. The van der Waals surface area contributed by atoms with E-state index in [1.807, 2.05) is 25.1 Å². The van der Waals surface area contributed by atoms with Crippen LogP contribution in [0.15, 0.2) is 18.2 Å². The number of ether oxygens (including phenoxy) is 1. The highest BCUT2D eigenvalue weighted by atomic mass is 19.4. The maximum Gasteiger partial charge on any atom is 0.402 e. The van der Waals surface area contributed by atoms with E-state index in [9.17, 15) is 36.2 Å². The van der Waals surface area contributed by atoms with Gasteiger partial charge in [-0.3, -0.25) is 9.69 Å². The van der Waals surface area contributed by atoms with Gasteiger partial charge < -0.3 is 20.1 Å². The minimum atomic E-state index is -5.54. The number of benzene rings is 1. The maximum atomic E-state index is 13.5. The minimum Gasteiger partial charge on any atom is -0.480 e. The molecule has 6 nitrogen and oxygen atoms in total. The standard InChI is InChI=1S/C24H29F6N3O3/c1-12-13(3-2-4-18(12)33-14-5-6-15(33)11-36-10-14)7-32-8-16-17(9-32)20(22(34)35)31-19(16)21(23(25,26)27)24(28,29)30/h2-4,14-17,19-21,31H,5-11H2,1H3,(H,34,35). The van der Waals surface area contributed by atoms with E-state index in [-0.39, 0.29) is 25.2 Å². The number of alkyl halides is 6. The summed E-state index contributed by atoms with van der Waals surface area (Å²) in [5.41, 5.74) is 3.01. The minimum absolute atomic E-state index is 0.0404. The van der Waals surface area contributed by atoms with Crippen molar-refractivity contribution in [2.75, 3.05) is 31.2 Å². The van der Waals surface area contributed by atoms with Gasteiger partial charge in [-0.15, -0.1) is 0 Å². The molecule has 6 unspecified atom stereocenters. The summed E-state index contributed by atoms with van der Waals surface area (Å²) in [6.07, 6.45) is -9.00. The van der Waals surface area contributed by atoms with Gasteiger partial charge in [-0.1, -0.05) is 12.1 Å². The Balaban J connectivity index is 1.38. The van der Waals surface area contributed by atoms with Gasteiger partial charge in [0.25, 0.3) is 0 Å². The molecule has 1 aromatic carbocycles. The van der Waals surface area contributed by atoms with Crippen molar-refractivity contribution in [1.29, 1.82) is 0 Å². The Labute approximate surface area is 204 Å². The average Bonchev–Trinajstić information content (AvgIpc) is 3.38. The Bertz CT molecular complexity index is 972. The SMILES string of the molecule is Cc1c(CN2CC3C(C(=O)O)NC(C(C(F)(F)F)C(F)(F)F)C3C2)cccc1N1C2CCC1COC2. The number of hydrogen-bond donors (Lipinski definition) is 2. The predicted octanol–water partition coefficient (Wildman–Crippen LogP) is 3.58. The summed E-state index contributed by atoms with van der Waals surface area (Å²) in [5.74, 6) is -6.99. The number of carbonyl (C=O) groups is 1. The van der Waals surface area contributed by atoms with Gasteiger partial charge in [0.1, 0.15) is 6.04 Å². The fourth-order valence-corrected chi connectivity index (χ4v) is 6.83. The van der Waals surface area contributed by atoms with Crippen LogP contribution in [0.4, 0.5) is 32.0 Å². The lowest BCUT2D eigenvalue weighted by molar-refractivity contribution is -0.293. The number of rotatable bonds is 5. The molecule has 1 aromatic rings. The Hall–Kier alpha value is -2.05. The third-order valence-corrected chi connectivity index (χ3v) is 8.41. The van der Waals surface area contributed by atoms with E-state index in [1.54, 1.807) is 4.90 Å². The molecular weight excluding hydrogens is 492 g/mol. The van der Waals surface area contributed by atoms with Gasteiger partial charge in [-0.05, 0) is 42.9 Å². The van der Waals surface area contributed by atoms with Crippen LogP contribution in [0.3, 0.4) is 0 Å². The molecule has 0 aliphatic carbocycles.